The van der Waals surface area contributed by atoms with Crippen LogP contribution in [0.5, 0.6) is 0 Å². The Balaban J connectivity index is 2.19. The van der Waals surface area contributed by atoms with Crippen molar-refractivity contribution in [1.29, 1.82) is 0 Å². The third-order valence-corrected chi connectivity index (χ3v) is 2.21. The van der Waals surface area contributed by atoms with E-state index in [9.17, 15) is 4.79 Å². The van der Waals surface area contributed by atoms with E-state index in [0.29, 0.717) is 12.3 Å². The molecule has 1 aliphatic rings. The molecule has 1 heterocycles. The quantitative estimate of drug-likeness (QED) is 0.596. The van der Waals surface area contributed by atoms with Gasteiger partial charge < -0.3 is 10.6 Å². The molecule has 1 saturated heterocycles. The van der Waals surface area contributed by atoms with E-state index in [-0.39, 0.29) is 5.91 Å². The van der Waals surface area contributed by atoms with Gasteiger partial charge >= 0.3 is 0 Å². The minimum atomic E-state index is 0.178. The van der Waals surface area contributed by atoms with E-state index in [1.165, 1.54) is 0 Å². The van der Waals surface area contributed by atoms with Crippen LogP contribution < -0.4 is 10.6 Å². The first kappa shape index (κ1) is 8.53. The van der Waals surface area contributed by atoms with Crippen molar-refractivity contribution in [1.82, 2.24) is 10.6 Å². The fourth-order valence-electron chi connectivity index (χ4n) is 1.45. The topological polar surface area (TPSA) is 41.1 Å². The molecule has 1 amide bonds. The zero-order valence-electron chi connectivity index (χ0n) is 7.02. The molecular formula is C8H16N2O. The van der Waals surface area contributed by atoms with Gasteiger partial charge in [0.05, 0.1) is 0 Å². The molecule has 0 radical (unpaired) electrons. The van der Waals surface area contributed by atoms with Crippen LogP contribution in [-0.2, 0) is 4.79 Å². The Kier molecular flexibility index (Phi) is 3.36. The maximum Gasteiger partial charge on any atom is 0.220 e. The van der Waals surface area contributed by atoms with Gasteiger partial charge in [0.2, 0.25) is 5.91 Å². The van der Waals surface area contributed by atoms with Crippen molar-refractivity contribution in [2.24, 2.45) is 5.92 Å². The summed E-state index contributed by atoms with van der Waals surface area (Å²) in [6.45, 7) is 2.14. The first-order valence-corrected chi connectivity index (χ1v) is 4.24. The summed E-state index contributed by atoms with van der Waals surface area (Å²) in [5.41, 5.74) is 0. The summed E-state index contributed by atoms with van der Waals surface area (Å²) in [5, 5.41) is 5.93. The number of carbonyl (C=O) groups is 1. The number of nitrogens with one attached hydrogen (secondary N) is 2. The molecule has 0 aliphatic carbocycles. The van der Waals surface area contributed by atoms with Crippen LogP contribution in [0.4, 0.5) is 0 Å². The second-order valence-corrected chi connectivity index (χ2v) is 3.07. The van der Waals surface area contributed by atoms with Gasteiger partial charge in [0, 0.05) is 13.5 Å². The summed E-state index contributed by atoms with van der Waals surface area (Å²) < 4.78 is 0. The van der Waals surface area contributed by atoms with E-state index < -0.39 is 0 Å². The first-order valence-electron chi connectivity index (χ1n) is 4.24. The molecule has 0 spiro atoms. The normalized spacial score (nSPS) is 19.7. The molecule has 1 rings (SSSR count). The lowest BCUT2D eigenvalue weighted by molar-refractivity contribution is -0.121. The van der Waals surface area contributed by atoms with Gasteiger partial charge in [-0.15, -0.1) is 0 Å². The average molecular weight is 156 g/mol. The second-order valence-electron chi connectivity index (χ2n) is 3.07. The molecule has 3 heteroatoms. The molecule has 0 atom stereocenters. The maximum atomic E-state index is 10.9. The van der Waals surface area contributed by atoms with Crippen molar-refractivity contribution in [2.45, 2.75) is 19.3 Å². The molecular weight excluding hydrogens is 140 g/mol. The summed E-state index contributed by atoms with van der Waals surface area (Å²) in [7, 11) is 1.70. The average Bonchev–Trinajstić information content (AvgIpc) is 2.06. The van der Waals surface area contributed by atoms with E-state index in [1.54, 1.807) is 7.05 Å². The number of piperidine rings is 1. The highest BCUT2D eigenvalue weighted by molar-refractivity contribution is 5.75. The number of rotatable bonds is 2. The smallest absolute Gasteiger partial charge is 0.220 e. The zero-order chi connectivity index (χ0) is 8.10. The first-order chi connectivity index (χ1) is 5.33. The van der Waals surface area contributed by atoms with Crippen molar-refractivity contribution in [3.8, 4) is 0 Å². The van der Waals surface area contributed by atoms with Crippen molar-refractivity contribution in [3.63, 3.8) is 0 Å². The Bertz CT molecular complexity index is 130. The molecule has 0 bridgehead atoms. The summed E-state index contributed by atoms with van der Waals surface area (Å²) in [4.78, 5) is 10.9. The number of amides is 1. The van der Waals surface area contributed by atoms with Crippen molar-refractivity contribution in [2.75, 3.05) is 20.1 Å². The second kappa shape index (κ2) is 4.34. The third kappa shape index (κ3) is 2.89. The molecule has 0 aromatic heterocycles. The highest BCUT2D eigenvalue weighted by atomic mass is 16.1. The Morgan fingerprint density at radius 3 is 2.73 bits per heavy atom. The minimum Gasteiger partial charge on any atom is -0.359 e. The molecule has 64 valence electrons. The van der Waals surface area contributed by atoms with E-state index in [4.69, 9.17) is 0 Å². The Morgan fingerprint density at radius 2 is 2.18 bits per heavy atom. The fourth-order valence-corrected chi connectivity index (χ4v) is 1.45. The lowest BCUT2D eigenvalue weighted by atomic mass is 9.94. The van der Waals surface area contributed by atoms with Gasteiger partial charge in [-0.2, -0.15) is 0 Å². The molecule has 0 aromatic rings. The van der Waals surface area contributed by atoms with Crippen LogP contribution in [0.1, 0.15) is 19.3 Å². The van der Waals surface area contributed by atoms with Gasteiger partial charge in [-0.1, -0.05) is 0 Å². The highest BCUT2D eigenvalue weighted by Crippen LogP contribution is 2.14. The molecule has 0 aromatic carbocycles. The summed E-state index contributed by atoms with van der Waals surface area (Å²) in [6, 6.07) is 0. The third-order valence-electron chi connectivity index (χ3n) is 2.21. The van der Waals surface area contributed by atoms with Gasteiger partial charge in [0.25, 0.3) is 0 Å². The van der Waals surface area contributed by atoms with E-state index in [2.05, 4.69) is 10.6 Å². The van der Waals surface area contributed by atoms with Crippen molar-refractivity contribution >= 4 is 5.91 Å². The predicted octanol–water partition coefficient (Wildman–Crippen LogP) is 0.122. The van der Waals surface area contributed by atoms with Crippen LogP contribution in [-0.4, -0.2) is 26.0 Å². The van der Waals surface area contributed by atoms with Gasteiger partial charge in [-0.05, 0) is 31.8 Å². The molecule has 1 fully saturated rings. The molecule has 11 heavy (non-hydrogen) atoms. The Hall–Kier alpha value is -0.570. The SMILES string of the molecule is CNC(=O)CC1CCNCC1. The largest absolute Gasteiger partial charge is 0.359 e. The summed E-state index contributed by atoms with van der Waals surface area (Å²) >= 11 is 0. The van der Waals surface area contributed by atoms with Crippen LogP contribution in [0.2, 0.25) is 0 Å². The number of carbonyl (C=O) groups excluding carboxylic acids is 1. The van der Waals surface area contributed by atoms with Crippen LogP contribution >= 0.6 is 0 Å². The molecule has 0 unspecified atom stereocenters. The van der Waals surface area contributed by atoms with Crippen LogP contribution in [0, 0.1) is 5.92 Å². The van der Waals surface area contributed by atoms with Crippen LogP contribution in [0.15, 0.2) is 0 Å². The van der Waals surface area contributed by atoms with Crippen molar-refractivity contribution < 1.29 is 4.79 Å². The molecule has 1 aliphatic heterocycles. The monoisotopic (exact) mass is 156 g/mol. The fraction of sp³-hybridized carbons (Fsp3) is 0.875. The van der Waals surface area contributed by atoms with Gasteiger partial charge in [-0.25, -0.2) is 0 Å². The minimum absolute atomic E-state index is 0.178. The standard InChI is InChI=1S/C8H16N2O/c1-9-8(11)6-7-2-4-10-5-3-7/h7,10H,2-6H2,1H3,(H,9,11). The molecule has 3 nitrogen and oxygen atoms in total. The van der Waals surface area contributed by atoms with E-state index in [1.807, 2.05) is 0 Å². The van der Waals surface area contributed by atoms with E-state index in [0.717, 1.165) is 25.9 Å². The maximum absolute atomic E-state index is 10.9. The van der Waals surface area contributed by atoms with Crippen LogP contribution in [0.25, 0.3) is 0 Å². The number of hydrogen-bond acceptors (Lipinski definition) is 2. The highest BCUT2D eigenvalue weighted by Gasteiger charge is 2.15. The van der Waals surface area contributed by atoms with Gasteiger partial charge in [-0.3, -0.25) is 4.79 Å². The Labute approximate surface area is 67.5 Å². The summed E-state index contributed by atoms with van der Waals surface area (Å²) in [6.07, 6.45) is 3.00. The lowest BCUT2D eigenvalue weighted by Gasteiger charge is -2.21. The van der Waals surface area contributed by atoms with Gasteiger partial charge in [0.1, 0.15) is 0 Å². The van der Waals surface area contributed by atoms with Crippen LogP contribution in [0.3, 0.4) is 0 Å². The van der Waals surface area contributed by atoms with Crippen molar-refractivity contribution in [3.05, 3.63) is 0 Å². The van der Waals surface area contributed by atoms with Gasteiger partial charge in [0.15, 0.2) is 0 Å². The Morgan fingerprint density at radius 1 is 1.55 bits per heavy atom. The molecule has 0 saturated carbocycles. The lowest BCUT2D eigenvalue weighted by Crippen LogP contribution is -2.31. The summed E-state index contributed by atoms with van der Waals surface area (Å²) in [5.74, 6) is 0.785. The molecule has 2 N–H and O–H groups in total. The zero-order valence-corrected chi connectivity index (χ0v) is 7.02. The number of hydrogen-bond donors (Lipinski definition) is 2. The predicted molar refractivity (Wildman–Crippen MR) is 44.3 cm³/mol. The van der Waals surface area contributed by atoms with E-state index >= 15 is 0 Å².